The molecule has 1 nitrogen and oxygen atoms in total. The SMILES string of the molecule is C=CCOc1cccc(Cl)c1-c1ccccc1C. The summed E-state index contributed by atoms with van der Waals surface area (Å²) >= 11 is 6.31. The highest BCUT2D eigenvalue weighted by atomic mass is 35.5. The van der Waals surface area contributed by atoms with Crippen LogP contribution in [0.15, 0.2) is 55.1 Å². The van der Waals surface area contributed by atoms with Crippen LogP contribution in [-0.2, 0) is 0 Å². The number of hydrogen-bond donors (Lipinski definition) is 0. The zero-order chi connectivity index (χ0) is 13.0. The average molecular weight is 259 g/mol. The second kappa shape index (κ2) is 5.74. The predicted molar refractivity (Wildman–Crippen MR) is 77.3 cm³/mol. The van der Waals surface area contributed by atoms with Crippen LogP contribution in [0.4, 0.5) is 0 Å². The van der Waals surface area contributed by atoms with E-state index in [2.05, 4.69) is 25.6 Å². The van der Waals surface area contributed by atoms with E-state index in [0.717, 1.165) is 16.9 Å². The molecule has 0 saturated heterocycles. The summed E-state index contributed by atoms with van der Waals surface area (Å²) in [5.74, 6) is 0.789. The summed E-state index contributed by atoms with van der Waals surface area (Å²) in [6.45, 7) is 6.20. The average Bonchev–Trinajstić information content (AvgIpc) is 2.38. The fraction of sp³-hybridized carbons (Fsp3) is 0.125. The quantitative estimate of drug-likeness (QED) is 0.710. The number of ether oxygens (including phenoxy) is 1. The molecule has 0 aliphatic heterocycles. The Morgan fingerprint density at radius 1 is 1.17 bits per heavy atom. The Bertz CT molecular complexity index is 561. The van der Waals surface area contributed by atoms with Crippen LogP contribution < -0.4 is 4.74 Å². The van der Waals surface area contributed by atoms with Gasteiger partial charge in [-0.1, -0.05) is 54.6 Å². The Balaban J connectivity index is 2.55. The van der Waals surface area contributed by atoms with E-state index < -0.39 is 0 Å². The van der Waals surface area contributed by atoms with Crippen molar-refractivity contribution in [1.82, 2.24) is 0 Å². The van der Waals surface area contributed by atoms with Crippen LogP contribution in [0.5, 0.6) is 5.75 Å². The third-order valence-electron chi connectivity index (χ3n) is 2.75. The fourth-order valence-corrected chi connectivity index (χ4v) is 2.16. The van der Waals surface area contributed by atoms with Crippen LogP contribution in [0.3, 0.4) is 0 Å². The van der Waals surface area contributed by atoms with Crippen molar-refractivity contribution in [2.24, 2.45) is 0 Å². The minimum Gasteiger partial charge on any atom is -0.489 e. The lowest BCUT2D eigenvalue weighted by atomic mass is 10.00. The molecule has 2 aromatic rings. The Hall–Kier alpha value is -1.73. The van der Waals surface area contributed by atoms with E-state index in [-0.39, 0.29) is 0 Å². The maximum atomic E-state index is 6.31. The summed E-state index contributed by atoms with van der Waals surface area (Å²) in [7, 11) is 0. The highest BCUT2D eigenvalue weighted by Crippen LogP contribution is 2.37. The maximum Gasteiger partial charge on any atom is 0.129 e. The van der Waals surface area contributed by atoms with Gasteiger partial charge in [-0.05, 0) is 30.2 Å². The molecule has 0 fully saturated rings. The molecule has 2 rings (SSSR count). The van der Waals surface area contributed by atoms with Crippen LogP contribution in [-0.4, -0.2) is 6.61 Å². The van der Waals surface area contributed by atoms with Crippen molar-refractivity contribution < 1.29 is 4.74 Å². The van der Waals surface area contributed by atoms with Crippen molar-refractivity contribution in [3.63, 3.8) is 0 Å². The molecular weight excluding hydrogens is 244 g/mol. The third-order valence-corrected chi connectivity index (χ3v) is 3.06. The van der Waals surface area contributed by atoms with Crippen LogP contribution >= 0.6 is 11.6 Å². The topological polar surface area (TPSA) is 9.23 Å². The van der Waals surface area contributed by atoms with Gasteiger partial charge in [-0.2, -0.15) is 0 Å². The molecule has 0 aromatic heterocycles. The van der Waals surface area contributed by atoms with Crippen molar-refractivity contribution in [3.8, 4) is 16.9 Å². The predicted octanol–water partition coefficient (Wildman–Crippen LogP) is 4.88. The van der Waals surface area contributed by atoms with Gasteiger partial charge in [-0.3, -0.25) is 0 Å². The maximum absolute atomic E-state index is 6.31. The van der Waals surface area contributed by atoms with Crippen LogP contribution in [0.25, 0.3) is 11.1 Å². The first-order valence-electron chi connectivity index (χ1n) is 5.82. The van der Waals surface area contributed by atoms with E-state index in [4.69, 9.17) is 16.3 Å². The first kappa shape index (κ1) is 12.7. The largest absolute Gasteiger partial charge is 0.489 e. The van der Waals surface area contributed by atoms with Crippen LogP contribution in [0.2, 0.25) is 5.02 Å². The van der Waals surface area contributed by atoms with Gasteiger partial charge in [0.25, 0.3) is 0 Å². The molecule has 2 heteroatoms. The zero-order valence-corrected chi connectivity index (χ0v) is 11.1. The molecule has 0 bridgehead atoms. The first-order valence-corrected chi connectivity index (χ1v) is 6.20. The fourth-order valence-electron chi connectivity index (χ4n) is 1.89. The molecule has 0 amide bonds. The molecule has 0 aliphatic rings. The van der Waals surface area contributed by atoms with E-state index in [1.54, 1.807) is 6.08 Å². The van der Waals surface area contributed by atoms with E-state index in [0.29, 0.717) is 11.6 Å². The van der Waals surface area contributed by atoms with Gasteiger partial charge >= 0.3 is 0 Å². The standard InChI is InChI=1S/C16H15ClO/c1-3-11-18-15-10-6-9-14(17)16(15)13-8-5-4-7-12(13)2/h3-10H,1,11H2,2H3. The van der Waals surface area contributed by atoms with Gasteiger partial charge in [0.05, 0.1) is 5.02 Å². The number of hydrogen-bond acceptors (Lipinski definition) is 1. The third kappa shape index (κ3) is 2.57. The number of aryl methyl sites for hydroxylation is 1. The number of halogens is 1. The van der Waals surface area contributed by atoms with Crippen molar-refractivity contribution >= 4 is 11.6 Å². The Morgan fingerprint density at radius 2 is 1.94 bits per heavy atom. The molecule has 92 valence electrons. The molecule has 0 heterocycles. The lowest BCUT2D eigenvalue weighted by Crippen LogP contribution is -1.96. The second-order valence-electron chi connectivity index (χ2n) is 4.03. The lowest BCUT2D eigenvalue weighted by Gasteiger charge is -2.13. The molecule has 0 N–H and O–H groups in total. The van der Waals surface area contributed by atoms with Gasteiger partial charge in [0, 0.05) is 5.56 Å². The van der Waals surface area contributed by atoms with Gasteiger partial charge in [0.2, 0.25) is 0 Å². The van der Waals surface area contributed by atoms with Gasteiger partial charge in [-0.15, -0.1) is 0 Å². The highest BCUT2D eigenvalue weighted by Gasteiger charge is 2.12. The molecule has 0 aliphatic carbocycles. The molecule has 0 atom stereocenters. The van der Waals surface area contributed by atoms with E-state index in [9.17, 15) is 0 Å². The summed E-state index contributed by atoms with van der Waals surface area (Å²) in [6.07, 6.45) is 1.72. The van der Waals surface area contributed by atoms with Gasteiger partial charge in [-0.25, -0.2) is 0 Å². The van der Waals surface area contributed by atoms with Crippen LogP contribution in [0, 0.1) is 6.92 Å². The summed E-state index contributed by atoms with van der Waals surface area (Å²) in [5, 5.41) is 0.700. The molecule has 2 aromatic carbocycles. The molecular formula is C16H15ClO. The smallest absolute Gasteiger partial charge is 0.129 e. The second-order valence-corrected chi connectivity index (χ2v) is 4.43. The molecule has 0 spiro atoms. The Kier molecular flexibility index (Phi) is 4.06. The van der Waals surface area contributed by atoms with E-state index in [1.165, 1.54) is 5.56 Å². The Morgan fingerprint density at radius 3 is 2.67 bits per heavy atom. The highest BCUT2D eigenvalue weighted by molar-refractivity contribution is 6.33. The van der Waals surface area contributed by atoms with Gasteiger partial charge < -0.3 is 4.74 Å². The minimum atomic E-state index is 0.471. The molecule has 18 heavy (non-hydrogen) atoms. The van der Waals surface area contributed by atoms with E-state index in [1.807, 2.05) is 30.3 Å². The normalized spacial score (nSPS) is 10.1. The van der Waals surface area contributed by atoms with Crippen molar-refractivity contribution in [3.05, 3.63) is 65.7 Å². The number of benzene rings is 2. The zero-order valence-electron chi connectivity index (χ0n) is 10.3. The van der Waals surface area contributed by atoms with Crippen molar-refractivity contribution in [2.45, 2.75) is 6.92 Å². The monoisotopic (exact) mass is 258 g/mol. The minimum absolute atomic E-state index is 0.471. The summed E-state index contributed by atoms with van der Waals surface area (Å²) in [5.41, 5.74) is 3.22. The summed E-state index contributed by atoms with van der Waals surface area (Å²) < 4.78 is 5.67. The van der Waals surface area contributed by atoms with Gasteiger partial charge in [0.1, 0.15) is 12.4 Å². The van der Waals surface area contributed by atoms with Gasteiger partial charge in [0.15, 0.2) is 0 Å². The molecule has 0 radical (unpaired) electrons. The summed E-state index contributed by atoms with van der Waals surface area (Å²) in [4.78, 5) is 0. The lowest BCUT2D eigenvalue weighted by molar-refractivity contribution is 0.365. The molecule has 0 unspecified atom stereocenters. The Labute approximate surface area is 113 Å². The molecule has 0 saturated carbocycles. The van der Waals surface area contributed by atoms with Crippen molar-refractivity contribution in [2.75, 3.05) is 6.61 Å². The van der Waals surface area contributed by atoms with Crippen LogP contribution in [0.1, 0.15) is 5.56 Å². The summed E-state index contributed by atoms with van der Waals surface area (Å²) in [6, 6.07) is 13.8. The number of rotatable bonds is 4. The first-order chi connectivity index (χ1) is 8.74. The van der Waals surface area contributed by atoms with Crippen molar-refractivity contribution in [1.29, 1.82) is 0 Å². The van der Waals surface area contributed by atoms with E-state index >= 15 is 0 Å².